The number of rotatable bonds is 10. The second-order valence-electron chi connectivity index (χ2n) is 5.21. The molecule has 1 atom stereocenters. The third-order valence-electron chi connectivity index (χ3n) is 2.99. The Morgan fingerprint density at radius 1 is 0.933 bits per heavy atom. The smallest absolute Gasteiger partial charge is 0.00597 e. The standard InChI is InChI=1S/C14H29Br/c1-4-5-6-7-8-9-10-14(12-15)11-13(2)3/h13-14H,4-12H2,1-3H3. The Hall–Kier alpha value is 0.480. The van der Waals surface area contributed by atoms with E-state index in [1.165, 1.54) is 56.7 Å². The zero-order chi connectivity index (χ0) is 11.5. The van der Waals surface area contributed by atoms with Crippen molar-refractivity contribution in [3.05, 3.63) is 0 Å². The first-order valence-corrected chi connectivity index (χ1v) is 7.88. The van der Waals surface area contributed by atoms with Crippen LogP contribution in [-0.2, 0) is 0 Å². The van der Waals surface area contributed by atoms with E-state index in [0.717, 1.165) is 11.8 Å². The zero-order valence-corrected chi connectivity index (χ0v) is 12.5. The van der Waals surface area contributed by atoms with Crippen LogP contribution in [0.1, 0.15) is 72.1 Å². The highest BCUT2D eigenvalue weighted by Gasteiger charge is 2.08. The fourth-order valence-corrected chi connectivity index (χ4v) is 2.73. The summed E-state index contributed by atoms with van der Waals surface area (Å²) in [5, 5.41) is 1.19. The maximum Gasteiger partial charge on any atom is 0.00597 e. The van der Waals surface area contributed by atoms with Crippen LogP contribution in [0, 0.1) is 11.8 Å². The second kappa shape index (κ2) is 11.0. The van der Waals surface area contributed by atoms with Crippen LogP contribution in [-0.4, -0.2) is 5.33 Å². The molecule has 0 rings (SSSR count). The Kier molecular flexibility index (Phi) is 11.3. The van der Waals surface area contributed by atoms with Crippen molar-refractivity contribution in [3.8, 4) is 0 Å². The number of unbranched alkanes of at least 4 members (excludes halogenated alkanes) is 5. The lowest BCUT2D eigenvalue weighted by molar-refractivity contribution is 0.405. The molecule has 1 heteroatoms. The highest BCUT2D eigenvalue weighted by molar-refractivity contribution is 9.09. The SMILES string of the molecule is CCCCCCCCC(CBr)CC(C)C. The minimum atomic E-state index is 0.854. The van der Waals surface area contributed by atoms with Gasteiger partial charge in [0.25, 0.3) is 0 Å². The minimum absolute atomic E-state index is 0.854. The number of hydrogen-bond donors (Lipinski definition) is 0. The molecule has 0 N–H and O–H groups in total. The van der Waals surface area contributed by atoms with Crippen LogP contribution in [0.15, 0.2) is 0 Å². The second-order valence-corrected chi connectivity index (χ2v) is 5.85. The van der Waals surface area contributed by atoms with Crippen molar-refractivity contribution < 1.29 is 0 Å². The average molecular weight is 277 g/mol. The van der Waals surface area contributed by atoms with Gasteiger partial charge in [-0.3, -0.25) is 0 Å². The van der Waals surface area contributed by atoms with Crippen molar-refractivity contribution in [2.75, 3.05) is 5.33 Å². The number of halogens is 1. The summed E-state index contributed by atoms with van der Waals surface area (Å²) >= 11 is 3.64. The van der Waals surface area contributed by atoms with Gasteiger partial charge >= 0.3 is 0 Å². The van der Waals surface area contributed by atoms with Gasteiger partial charge in [-0.1, -0.05) is 75.2 Å². The molecule has 0 aromatic rings. The van der Waals surface area contributed by atoms with E-state index >= 15 is 0 Å². The first-order valence-electron chi connectivity index (χ1n) is 6.76. The van der Waals surface area contributed by atoms with Crippen molar-refractivity contribution >= 4 is 15.9 Å². The monoisotopic (exact) mass is 276 g/mol. The molecule has 15 heavy (non-hydrogen) atoms. The van der Waals surface area contributed by atoms with Gasteiger partial charge in [0.2, 0.25) is 0 Å². The molecule has 0 heterocycles. The first-order chi connectivity index (χ1) is 7.20. The quantitative estimate of drug-likeness (QED) is 0.350. The lowest BCUT2D eigenvalue weighted by Gasteiger charge is -2.15. The molecule has 0 radical (unpaired) electrons. The van der Waals surface area contributed by atoms with Crippen LogP contribution in [0.2, 0.25) is 0 Å². The molecule has 0 nitrogen and oxygen atoms in total. The highest BCUT2D eigenvalue weighted by Crippen LogP contribution is 2.21. The third-order valence-corrected chi connectivity index (χ3v) is 3.90. The number of alkyl halides is 1. The van der Waals surface area contributed by atoms with Gasteiger partial charge in [0.1, 0.15) is 0 Å². The van der Waals surface area contributed by atoms with E-state index in [-0.39, 0.29) is 0 Å². The van der Waals surface area contributed by atoms with Crippen LogP contribution in [0.25, 0.3) is 0 Å². The van der Waals surface area contributed by atoms with Gasteiger partial charge in [-0.25, -0.2) is 0 Å². The molecule has 92 valence electrons. The Balaban J connectivity index is 3.30. The highest BCUT2D eigenvalue weighted by atomic mass is 79.9. The Bertz CT molecular complexity index is 121. The zero-order valence-electron chi connectivity index (χ0n) is 10.9. The molecule has 0 aromatic heterocycles. The van der Waals surface area contributed by atoms with Gasteiger partial charge in [-0.05, 0) is 24.7 Å². The van der Waals surface area contributed by atoms with Crippen molar-refractivity contribution in [2.45, 2.75) is 72.1 Å². The summed E-state index contributed by atoms with van der Waals surface area (Å²) < 4.78 is 0. The average Bonchev–Trinajstić information content (AvgIpc) is 2.20. The molecule has 1 unspecified atom stereocenters. The van der Waals surface area contributed by atoms with Gasteiger partial charge < -0.3 is 0 Å². The van der Waals surface area contributed by atoms with E-state index in [1.54, 1.807) is 0 Å². The number of hydrogen-bond acceptors (Lipinski definition) is 0. The summed E-state index contributed by atoms with van der Waals surface area (Å²) in [5.41, 5.74) is 0. The largest absolute Gasteiger partial charge is 0.0925 e. The molecule has 0 aliphatic carbocycles. The van der Waals surface area contributed by atoms with Crippen LogP contribution in [0.3, 0.4) is 0 Å². The molecular formula is C14H29Br. The summed E-state index contributed by atoms with van der Waals surface area (Å²) in [5.74, 6) is 1.77. The summed E-state index contributed by atoms with van der Waals surface area (Å²) in [7, 11) is 0. The molecule has 0 saturated carbocycles. The molecular weight excluding hydrogens is 248 g/mol. The fraction of sp³-hybridized carbons (Fsp3) is 1.00. The van der Waals surface area contributed by atoms with Gasteiger partial charge in [0.15, 0.2) is 0 Å². The van der Waals surface area contributed by atoms with Crippen molar-refractivity contribution in [2.24, 2.45) is 11.8 Å². The lowest BCUT2D eigenvalue weighted by atomic mass is 9.93. The van der Waals surface area contributed by atoms with Crippen LogP contribution >= 0.6 is 15.9 Å². The third kappa shape index (κ3) is 10.8. The summed E-state index contributed by atoms with van der Waals surface area (Å²) in [6, 6.07) is 0. The Morgan fingerprint density at radius 2 is 1.53 bits per heavy atom. The molecule has 0 fully saturated rings. The van der Waals surface area contributed by atoms with Gasteiger partial charge in [-0.15, -0.1) is 0 Å². The van der Waals surface area contributed by atoms with Crippen LogP contribution in [0.5, 0.6) is 0 Å². The minimum Gasteiger partial charge on any atom is -0.0925 e. The molecule has 0 saturated heterocycles. The molecule has 0 aliphatic heterocycles. The first kappa shape index (κ1) is 15.5. The molecule has 0 spiro atoms. The summed E-state index contributed by atoms with van der Waals surface area (Å²) in [6.07, 6.45) is 11.4. The normalized spacial score (nSPS) is 13.4. The maximum atomic E-state index is 3.64. The topological polar surface area (TPSA) is 0 Å². The van der Waals surface area contributed by atoms with Gasteiger partial charge in [0.05, 0.1) is 0 Å². The molecule has 0 amide bonds. The fourth-order valence-electron chi connectivity index (χ4n) is 2.14. The van der Waals surface area contributed by atoms with Gasteiger partial charge in [0, 0.05) is 5.33 Å². The van der Waals surface area contributed by atoms with E-state index in [4.69, 9.17) is 0 Å². The Labute approximate surface area is 105 Å². The molecule has 0 bridgehead atoms. The van der Waals surface area contributed by atoms with Crippen LogP contribution in [0.4, 0.5) is 0 Å². The lowest BCUT2D eigenvalue weighted by Crippen LogP contribution is -2.06. The summed E-state index contributed by atoms with van der Waals surface area (Å²) in [6.45, 7) is 6.94. The Morgan fingerprint density at radius 3 is 2.07 bits per heavy atom. The summed E-state index contributed by atoms with van der Waals surface area (Å²) in [4.78, 5) is 0. The van der Waals surface area contributed by atoms with Crippen molar-refractivity contribution in [1.29, 1.82) is 0 Å². The van der Waals surface area contributed by atoms with E-state index in [1.807, 2.05) is 0 Å². The maximum absolute atomic E-state index is 3.64. The molecule has 0 aliphatic rings. The predicted molar refractivity (Wildman–Crippen MR) is 74.7 cm³/mol. The molecule has 0 aromatic carbocycles. The van der Waals surface area contributed by atoms with E-state index in [9.17, 15) is 0 Å². The van der Waals surface area contributed by atoms with E-state index in [0.29, 0.717) is 0 Å². The van der Waals surface area contributed by atoms with Gasteiger partial charge in [-0.2, -0.15) is 0 Å². The predicted octanol–water partition coefficient (Wildman–Crippen LogP) is 5.79. The van der Waals surface area contributed by atoms with Crippen molar-refractivity contribution in [3.63, 3.8) is 0 Å². The van der Waals surface area contributed by atoms with E-state index < -0.39 is 0 Å². The van der Waals surface area contributed by atoms with Crippen molar-refractivity contribution in [1.82, 2.24) is 0 Å². The van der Waals surface area contributed by atoms with Crippen LogP contribution < -0.4 is 0 Å². The van der Waals surface area contributed by atoms with E-state index in [2.05, 4.69) is 36.7 Å².